The largest absolute Gasteiger partial charge is 0.338 e. The first kappa shape index (κ1) is 21.6. The standard InChI is InChI=1S/C21H25N3S4/c25-20(26)23(14-16-8-3-1-4-9-16)18-12-7-13-19(22-18)24(21(27)28)15-17-10-5-2-6-11-17/h1-6,8-11,18-19,22H,7,12-15H2,(H,25,26)(H,27,28). The van der Waals surface area contributed by atoms with Crippen LogP contribution in [0.15, 0.2) is 60.7 Å². The molecule has 1 saturated heterocycles. The van der Waals surface area contributed by atoms with Crippen LogP contribution in [0.4, 0.5) is 0 Å². The summed E-state index contributed by atoms with van der Waals surface area (Å²) in [5.41, 5.74) is 2.43. The molecule has 148 valence electrons. The number of nitrogens with one attached hydrogen (secondary N) is 1. The van der Waals surface area contributed by atoms with Crippen LogP contribution in [0.25, 0.3) is 0 Å². The van der Waals surface area contributed by atoms with Crippen molar-refractivity contribution >= 4 is 58.3 Å². The van der Waals surface area contributed by atoms with Crippen molar-refractivity contribution in [2.75, 3.05) is 0 Å². The normalized spacial score (nSPS) is 19.1. The minimum Gasteiger partial charge on any atom is -0.338 e. The van der Waals surface area contributed by atoms with Gasteiger partial charge in [0.25, 0.3) is 0 Å². The number of thiol groups is 2. The van der Waals surface area contributed by atoms with Gasteiger partial charge in [0.2, 0.25) is 0 Å². The maximum absolute atomic E-state index is 5.45. The van der Waals surface area contributed by atoms with Crippen LogP contribution in [0, 0.1) is 0 Å². The first-order valence-corrected chi connectivity index (χ1v) is 11.1. The van der Waals surface area contributed by atoms with E-state index in [0.29, 0.717) is 8.64 Å². The highest BCUT2D eigenvalue weighted by Crippen LogP contribution is 2.23. The topological polar surface area (TPSA) is 18.5 Å². The van der Waals surface area contributed by atoms with Gasteiger partial charge < -0.3 is 9.80 Å². The lowest BCUT2D eigenvalue weighted by Crippen LogP contribution is -2.58. The van der Waals surface area contributed by atoms with E-state index in [4.69, 9.17) is 24.4 Å². The SMILES string of the molecule is S=C(S)N(Cc1ccccc1)C1CCCC(N(Cc2ccccc2)C(=S)S)N1. The number of rotatable bonds is 6. The number of hydrogen-bond acceptors (Lipinski definition) is 3. The Morgan fingerprint density at radius 1 is 0.786 bits per heavy atom. The maximum atomic E-state index is 5.45. The van der Waals surface area contributed by atoms with Gasteiger partial charge in [0.15, 0.2) is 0 Å². The predicted molar refractivity (Wildman–Crippen MR) is 132 cm³/mol. The van der Waals surface area contributed by atoms with Gasteiger partial charge in [-0.05, 0) is 30.4 Å². The predicted octanol–water partition coefficient (Wildman–Crippen LogP) is 4.85. The molecule has 1 heterocycles. The van der Waals surface area contributed by atoms with Crippen LogP contribution in [-0.4, -0.2) is 30.8 Å². The monoisotopic (exact) mass is 447 g/mol. The molecule has 1 aliphatic heterocycles. The molecule has 1 N–H and O–H groups in total. The first-order chi connectivity index (χ1) is 13.5. The fourth-order valence-electron chi connectivity index (χ4n) is 3.57. The molecule has 0 aliphatic carbocycles. The maximum Gasteiger partial charge on any atom is 0.134 e. The van der Waals surface area contributed by atoms with Crippen LogP contribution in [0.1, 0.15) is 30.4 Å². The number of hydrogen-bond donors (Lipinski definition) is 3. The van der Waals surface area contributed by atoms with E-state index in [1.165, 1.54) is 11.1 Å². The number of piperidine rings is 1. The quantitative estimate of drug-likeness (QED) is 0.433. The molecule has 0 bridgehead atoms. The van der Waals surface area contributed by atoms with Crippen molar-refractivity contribution in [1.29, 1.82) is 0 Å². The Kier molecular flexibility index (Phi) is 8.17. The third-order valence-electron chi connectivity index (χ3n) is 4.98. The smallest absolute Gasteiger partial charge is 0.134 e. The fraction of sp³-hybridized carbons (Fsp3) is 0.333. The summed E-state index contributed by atoms with van der Waals surface area (Å²) in [6.45, 7) is 1.47. The zero-order valence-corrected chi connectivity index (χ0v) is 19.0. The molecule has 2 aromatic carbocycles. The molecule has 0 amide bonds. The van der Waals surface area contributed by atoms with Gasteiger partial charge in [0.1, 0.15) is 8.64 Å². The lowest BCUT2D eigenvalue weighted by molar-refractivity contribution is 0.122. The van der Waals surface area contributed by atoms with Crippen LogP contribution < -0.4 is 5.32 Å². The molecule has 0 aromatic heterocycles. The van der Waals surface area contributed by atoms with Crippen molar-refractivity contribution in [3.05, 3.63) is 71.8 Å². The number of benzene rings is 2. The molecule has 3 nitrogen and oxygen atoms in total. The average Bonchev–Trinajstić information content (AvgIpc) is 2.71. The Morgan fingerprint density at radius 3 is 1.54 bits per heavy atom. The van der Waals surface area contributed by atoms with Gasteiger partial charge in [0.05, 0.1) is 12.3 Å². The van der Waals surface area contributed by atoms with Crippen molar-refractivity contribution in [3.63, 3.8) is 0 Å². The highest BCUT2D eigenvalue weighted by Gasteiger charge is 2.30. The second-order valence-electron chi connectivity index (χ2n) is 6.92. The zero-order chi connectivity index (χ0) is 19.9. The molecule has 0 radical (unpaired) electrons. The highest BCUT2D eigenvalue weighted by atomic mass is 32.1. The Hall–Kier alpha value is -1.12. The lowest BCUT2D eigenvalue weighted by atomic mass is 10.0. The average molecular weight is 448 g/mol. The molecular weight excluding hydrogens is 423 g/mol. The van der Waals surface area contributed by atoms with Gasteiger partial charge in [0, 0.05) is 13.1 Å². The molecule has 28 heavy (non-hydrogen) atoms. The van der Waals surface area contributed by atoms with E-state index in [1.54, 1.807) is 0 Å². The van der Waals surface area contributed by atoms with E-state index in [-0.39, 0.29) is 12.3 Å². The summed E-state index contributed by atoms with van der Waals surface area (Å²) < 4.78 is 1.20. The van der Waals surface area contributed by atoms with Crippen LogP contribution in [0.2, 0.25) is 0 Å². The van der Waals surface area contributed by atoms with E-state index < -0.39 is 0 Å². The van der Waals surface area contributed by atoms with Crippen LogP contribution >= 0.6 is 49.7 Å². The number of thiocarbonyl (C=S) groups is 2. The molecule has 3 rings (SSSR count). The van der Waals surface area contributed by atoms with E-state index in [9.17, 15) is 0 Å². The molecule has 2 aromatic rings. The number of nitrogens with zero attached hydrogens (tertiary/aromatic N) is 2. The summed E-state index contributed by atoms with van der Waals surface area (Å²) in [5.74, 6) is 0. The van der Waals surface area contributed by atoms with Crippen molar-refractivity contribution < 1.29 is 0 Å². The third-order valence-corrected chi connectivity index (χ3v) is 5.96. The van der Waals surface area contributed by atoms with Gasteiger partial charge in [-0.15, -0.1) is 25.3 Å². The van der Waals surface area contributed by atoms with E-state index >= 15 is 0 Å². The van der Waals surface area contributed by atoms with E-state index in [2.05, 4.69) is 64.6 Å². The Balaban J connectivity index is 1.73. The minimum atomic E-state index is 0.116. The summed E-state index contributed by atoms with van der Waals surface area (Å²) in [7, 11) is 0. The highest BCUT2D eigenvalue weighted by molar-refractivity contribution is 8.11. The fourth-order valence-corrected chi connectivity index (χ4v) is 4.37. The van der Waals surface area contributed by atoms with Crippen molar-refractivity contribution in [1.82, 2.24) is 15.1 Å². The molecule has 1 fully saturated rings. The second kappa shape index (κ2) is 10.6. The van der Waals surface area contributed by atoms with Gasteiger partial charge >= 0.3 is 0 Å². The first-order valence-electron chi connectivity index (χ1n) is 9.37. The van der Waals surface area contributed by atoms with Crippen molar-refractivity contribution in [3.8, 4) is 0 Å². The van der Waals surface area contributed by atoms with Crippen molar-refractivity contribution in [2.24, 2.45) is 0 Å². The van der Waals surface area contributed by atoms with Gasteiger partial charge in [-0.2, -0.15) is 0 Å². The van der Waals surface area contributed by atoms with Crippen LogP contribution in [-0.2, 0) is 13.1 Å². The van der Waals surface area contributed by atoms with Gasteiger partial charge in [-0.1, -0.05) is 85.1 Å². The molecular formula is C21H25N3S4. The van der Waals surface area contributed by atoms with Crippen molar-refractivity contribution in [2.45, 2.75) is 44.7 Å². The van der Waals surface area contributed by atoms with E-state index in [0.717, 1.165) is 32.4 Å². The lowest BCUT2D eigenvalue weighted by Gasteiger charge is -2.43. The van der Waals surface area contributed by atoms with Gasteiger partial charge in [-0.3, -0.25) is 5.32 Å². The molecule has 2 unspecified atom stereocenters. The Bertz CT molecular complexity index is 719. The molecule has 0 saturated carbocycles. The molecule has 1 aliphatic rings. The van der Waals surface area contributed by atoms with Crippen LogP contribution in [0.5, 0.6) is 0 Å². The minimum absolute atomic E-state index is 0.116. The summed E-state index contributed by atoms with van der Waals surface area (Å²) in [6.07, 6.45) is 3.35. The Morgan fingerprint density at radius 2 is 1.18 bits per heavy atom. The Labute approximate surface area is 189 Å². The van der Waals surface area contributed by atoms with Gasteiger partial charge in [-0.25, -0.2) is 0 Å². The molecule has 0 spiro atoms. The molecule has 2 atom stereocenters. The molecule has 7 heteroatoms. The summed E-state index contributed by atoms with van der Waals surface area (Å²) in [5, 5.41) is 3.74. The van der Waals surface area contributed by atoms with Crippen LogP contribution in [0.3, 0.4) is 0 Å². The second-order valence-corrected chi connectivity index (χ2v) is 9.15. The third kappa shape index (κ3) is 5.94. The zero-order valence-electron chi connectivity index (χ0n) is 15.6. The summed E-state index contributed by atoms with van der Waals surface area (Å²) >= 11 is 19.9. The van der Waals surface area contributed by atoms with E-state index in [1.807, 2.05) is 36.4 Å². The summed E-state index contributed by atoms with van der Waals surface area (Å²) in [6, 6.07) is 20.7. The summed E-state index contributed by atoms with van der Waals surface area (Å²) in [4.78, 5) is 4.31.